The molecule has 0 aliphatic rings. The number of rotatable bonds is 6. The van der Waals surface area contributed by atoms with Crippen LogP contribution in [0.1, 0.15) is 21.5 Å². The molecule has 126 valence electrons. The third-order valence-corrected chi connectivity index (χ3v) is 3.53. The molecule has 6 heteroatoms. The first-order valence-corrected chi connectivity index (χ1v) is 7.66. The molecule has 2 aromatic rings. The highest BCUT2D eigenvalue weighted by molar-refractivity contribution is 5.93. The van der Waals surface area contributed by atoms with Crippen molar-refractivity contribution in [2.24, 2.45) is 0 Å². The van der Waals surface area contributed by atoms with Crippen molar-refractivity contribution in [1.82, 2.24) is 16.0 Å². The molecule has 0 saturated carbocycles. The van der Waals surface area contributed by atoms with Gasteiger partial charge in [-0.3, -0.25) is 4.79 Å². The van der Waals surface area contributed by atoms with E-state index in [2.05, 4.69) is 16.0 Å². The van der Waals surface area contributed by atoms with Gasteiger partial charge in [0.25, 0.3) is 5.91 Å². The fourth-order valence-electron chi connectivity index (χ4n) is 2.17. The van der Waals surface area contributed by atoms with Gasteiger partial charge in [0.2, 0.25) is 0 Å². The third kappa shape index (κ3) is 5.08. The fraction of sp³-hybridized carbons (Fsp3) is 0.222. The molecule has 2 aromatic carbocycles. The first kappa shape index (κ1) is 17.5. The highest BCUT2D eigenvalue weighted by Crippen LogP contribution is 2.06. The van der Waals surface area contributed by atoms with Gasteiger partial charge >= 0.3 is 6.03 Å². The number of hydrogen-bond acceptors (Lipinski definition) is 2. The zero-order chi connectivity index (χ0) is 17.4. The monoisotopic (exact) mass is 329 g/mol. The van der Waals surface area contributed by atoms with E-state index in [0.717, 1.165) is 5.56 Å². The van der Waals surface area contributed by atoms with Crippen molar-refractivity contribution in [1.29, 1.82) is 0 Å². The van der Waals surface area contributed by atoms with Gasteiger partial charge in [-0.1, -0.05) is 30.3 Å². The van der Waals surface area contributed by atoms with Gasteiger partial charge in [-0.2, -0.15) is 0 Å². The van der Waals surface area contributed by atoms with E-state index in [0.29, 0.717) is 30.6 Å². The molecule has 0 saturated heterocycles. The van der Waals surface area contributed by atoms with Crippen LogP contribution in [-0.4, -0.2) is 25.5 Å². The van der Waals surface area contributed by atoms with E-state index in [4.69, 9.17) is 0 Å². The zero-order valence-electron chi connectivity index (χ0n) is 13.4. The molecule has 0 aromatic heterocycles. The Kier molecular flexibility index (Phi) is 6.31. The minimum absolute atomic E-state index is 0.152. The molecule has 2 rings (SSSR count). The number of carbonyl (C=O) groups excluding carboxylic acids is 2. The lowest BCUT2D eigenvalue weighted by Crippen LogP contribution is -2.36. The van der Waals surface area contributed by atoms with Gasteiger partial charge < -0.3 is 16.0 Å². The normalized spacial score (nSPS) is 10.1. The van der Waals surface area contributed by atoms with Crippen LogP contribution in [0, 0.1) is 5.82 Å². The van der Waals surface area contributed by atoms with Crippen molar-refractivity contribution in [3.05, 3.63) is 71.0 Å². The smallest absolute Gasteiger partial charge is 0.315 e. The average Bonchev–Trinajstić information content (AvgIpc) is 2.61. The van der Waals surface area contributed by atoms with Crippen molar-refractivity contribution in [3.63, 3.8) is 0 Å². The summed E-state index contributed by atoms with van der Waals surface area (Å²) in [6, 6.07) is 13.1. The van der Waals surface area contributed by atoms with Crippen LogP contribution in [0.3, 0.4) is 0 Å². The molecule has 0 bridgehead atoms. The van der Waals surface area contributed by atoms with Crippen molar-refractivity contribution in [3.8, 4) is 0 Å². The number of halogens is 1. The van der Waals surface area contributed by atoms with Crippen LogP contribution in [0.4, 0.5) is 9.18 Å². The summed E-state index contributed by atoms with van der Waals surface area (Å²) in [5.41, 5.74) is 2.02. The van der Waals surface area contributed by atoms with Crippen molar-refractivity contribution < 1.29 is 14.0 Å². The third-order valence-electron chi connectivity index (χ3n) is 3.53. The second-order valence-electron chi connectivity index (χ2n) is 5.23. The summed E-state index contributed by atoms with van der Waals surface area (Å²) in [5, 5.41) is 7.95. The SMILES string of the molecule is CNC(=O)c1ccc(CNC(=O)NCCc2ccccc2F)cc1. The summed E-state index contributed by atoms with van der Waals surface area (Å²) < 4.78 is 13.4. The highest BCUT2D eigenvalue weighted by atomic mass is 19.1. The first-order valence-electron chi connectivity index (χ1n) is 7.66. The van der Waals surface area contributed by atoms with E-state index in [1.807, 2.05) is 0 Å². The summed E-state index contributed by atoms with van der Waals surface area (Å²) in [7, 11) is 1.57. The van der Waals surface area contributed by atoms with Crippen molar-refractivity contribution in [2.75, 3.05) is 13.6 Å². The van der Waals surface area contributed by atoms with Gasteiger partial charge in [-0.05, 0) is 35.7 Å². The second-order valence-corrected chi connectivity index (χ2v) is 5.23. The summed E-state index contributed by atoms with van der Waals surface area (Å²) in [6.07, 6.45) is 0.431. The molecule has 0 heterocycles. The van der Waals surface area contributed by atoms with Crippen LogP contribution in [-0.2, 0) is 13.0 Å². The van der Waals surface area contributed by atoms with Crippen LogP contribution in [0.25, 0.3) is 0 Å². The van der Waals surface area contributed by atoms with Crippen LogP contribution in [0.2, 0.25) is 0 Å². The Hall–Kier alpha value is -2.89. The number of urea groups is 1. The molecule has 0 atom stereocenters. The molecule has 0 unspecified atom stereocenters. The lowest BCUT2D eigenvalue weighted by molar-refractivity contribution is 0.0963. The summed E-state index contributed by atoms with van der Waals surface area (Å²) in [5.74, 6) is -0.420. The number of nitrogens with one attached hydrogen (secondary N) is 3. The summed E-state index contributed by atoms with van der Waals surface area (Å²) in [4.78, 5) is 23.2. The van der Waals surface area contributed by atoms with Crippen LogP contribution >= 0.6 is 0 Å². The number of hydrogen-bond donors (Lipinski definition) is 3. The Bertz CT molecular complexity index is 702. The molecule has 5 nitrogen and oxygen atoms in total. The lowest BCUT2D eigenvalue weighted by Gasteiger charge is -2.09. The topological polar surface area (TPSA) is 70.2 Å². The fourth-order valence-corrected chi connectivity index (χ4v) is 2.17. The van der Waals surface area contributed by atoms with E-state index >= 15 is 0 Å². The minimum atomic E-state index is -0.318. The van der Waals surface area contributed by atoms with E-state index in [1.165, 1.54) is 6.07 Å². The maximum absolute atomic E-state index is 13.4. The van der Waals surface area contributed by atoms with E-state index < -0.39 is 0 Å². The highest BCUT2D eigenvalue weighted by Gasteiger charge is 2.05. The minimum Gasteiger partial charge on any atom is -0.355 e. The Labute approximate surface area is 140 Å². The Morgan fingerprint density at radius 3 is 2.38 bits per heavy atom. The molecule has 3 amide bonds. The van der Waals surface area contributed by atoms with E-state index in [9.17, 15) is 14.0 Å². The van der Waals surface area contributed by atoms with Crippen LogP contribution in [0.5, 0.6) is 0 Å². The standard InChI is InChI=1S/C18H20FN3O2/c1-20-17(23)15-8-6-13(7-9-15)12-22-18(24)21-11-10-14-4-2-3-5-16(14)19/h2-9H,10-12H2,1H3,(H,20,23)(H2,21,22,24). The maximum Gasteiger partial charge on any atom is 0.315 e. The van der Waals surface area contributed by atoms with Gasteiger partial charge in [-0.25, -0.2) is 9.18 Å². The maximum atomic E-state index is 13.4. The molecular weight excluding hydrogens is 309 g/mol. The molecular formula is C18H20FN3O2. The number of amides is 3. The first-order chi connectivity index (χ1) is 11.6. The van der Waals surface area contributed by atoms with Crippen molar-refractivity contribution >= 4 is 11.9 Å². The van der Waals surface area contributed by atoms with Gasteiger partial charge in [0.1, 0.15) is 5.82 Å². The van der Waals surface area contributed by atoms with Crippen molar-refractivity contribution in [2.45, 2.75) is 13.0 Å². The predicted molar refractivity (Wildman–Crippen MR) is 90.2 cm³/mol. The van der Waals surface area contributed by atoms with Gasteiger partial charge in [0.15, 0.2) is 0 Å². The number of benzene rings is 2. The van der Waals surface area contributed by atoms with Gasteiger partial charge in [0.05, 0.1) is 0 Å². The average molecular weight is 329 g/mol. The van der Waals surface area contributed by atoms with Gasteiger partial charge in [0, 0.05) is 25.7 Å². The Morgan fingerprint density at radius 2 is 1.71 bits per heavy atom. The van der Waals surface area contributed by atoms with E-state index in [1.54, 1.807) is 49.5 Å². The Morgan fingerprint density at radius 1 is 1.00 bits per heavy atom. The molecule has 24 heavy (non-hydrogen) atoms. The molecule has 3 N–H and O–H groups in total. The molecule has 0 radical (unpaired) electrons. The predicted octanol–water partition coefficient (Wildman–Crippen LogP) is 2.23. The zero-order valence-corrected chi connectivity index (χ0v) is 13.4. The Balaban J connectivity index is 1.73. The molecule has 0 aliphatic carbocycles. The molecule has 0 spiro atoms. The van der Waals surface area contributed by atoms with Crippen LogP contribution in [0.15, 0.2) is 48.5 Å². The van der Waals surface area contributed by atoms with Gasteiger partial charge in [-0.15, -0.1) is 0 Å². The molecule has 0 fully saturated rings. The quantitative estimate of drug-likeness (QED) is 0.760. The lowest BCUT2D eigenvalue weighted by atomic mass is 10.1. The largest absolute Gasteiger partial charge is 0.355 e. The summed E-state index contributed by atoms with van der Waals surface area (Å²) >= 11 is 0. The van der Waals surface area contributed by atoms with Crippen LogP contribution < -0.4 is 16.0 Å². The number of carbonyl (C=O) groups is 2. The van der Waals surface area contributed by atoms with E-state index in [-0.39, 0.29) is 17.8 Å². The molecule has 0 aliphatic heterocycles. The second kappa shape index (κ2) is 8.67. The summed E-state index contributed by atoms with van der Waals surface area (Å²) in [6.45, 7) is 0.696.